The lowest BCUT2D eigenvalue weighted by molar-refractivity contribution is -0.117. The highest BCUT2D eigenvalue weighted by Gasteiger charge is 2.21. The second-order valence-electron chi connectivity index (χ2n) is 7.66. The van der Waals surface area contributed by atoms with Gasteiger partial charge in [-0.3, -0.25) is 9.69 Å². The zero-order valence-corrected chi connectivity index (χ0v) is 17.4. The maximum Gasteiger partial charge on any atom is 0.238 e. The van der Waals surface area contributed by atoms with Gasteiger partial charge in [0.05, 0.1) is 12.1 Å². The van der Waals surface area contributed by atoms with Crippen molar-refractivity contribution in [1.82, 2.24) is 9.88 Å². The van der Waals surface area contributed by atoms with E-state index >= 15 is 0 Å². The molecule has 1 aliphatic rings. The summed E-state index contributed by atoms with van der Waals surface area (Å²) in [4.78, 5) is 21.2. The van der Waals surface area contributed by atoms with Crippen LogP contribution in [0.4, 0.5) is 11.5 Å². The molecule has 0 spiro atoms. The van der Waals surface area contributed by atoms with E-state index in [1.165, 1.54) is 11.1 Å². The highest BCUT2D eigenvalue weighted by Crippen LogP contribution is 2.18. The van der Waals surface area contributed by atoms with Crippen molar-refractivity contribution in [2.24, 2.45) is 0 Å². The molecule has 6 nitrogen and oxygen atoms in total. The molecular weight excluding hydrogens is 386 g/mol. The summed E-state index contributed by atoms with van der Waals surface area (Å²) in [6.45, 7) is 3.34. The van der Waals surface area contributed by atoms with Crippen LogP contribution in [0, 0.1) is 11.3 Å². The molecule has 2 aromatic carbocycles. The van der Waals surface area contributed by atoms with Crippen LogP contribution >= 0.6 is 0 Å². The van der Waals surface area contributed by atoms with Crippen LogP contribution in [0.25, 0.3) is 0 Å². The van der Waals surface area contributed by atoms with Crippen molar-refractivity contribution < 1.29 is 4.79 Å². The van der Waals surface area contributed by atoms with E-state index in [2.05, 4.69) is 44.4 Å². The second-order valence-corrected chi connectivity index (χ2v) is 7.66. The van der Waals surface area contributed by atoms with E-state index in [-0.39, 0.29) is 5.91 Å². The van der Waals surface area contributed by atoms with Crippen LogP contribution in [0.1, 0.15) is 16.7 Å². The number of piperazine rings is 1. The summed E-state index contributed by atoms with van der Waals surface area (Å²) in [6, 6.07) is 24.1. The molecule has 1 saturated heterocycles. The van der Waals surface area contributed by atoms with Gasteiger partial charge >= 0.3 is 0 Å². The van der Waals surface area contributed by atoms with E-state index in [4.69, 9.17) is 0 Å². The summed E-state index contributed by atoms with van der Waals surface area (Å²) in [5, 5.41) is 12.3. The van der Waals surface area contributed by atoms with Gasteiger partial charge in [-0.05, 0) is 41.8 Å². The molecule has 2 heterocycles. The Morgan fingerprint density at radius 2 is 1.74 bits per heavy atom. The number of amides is 1. The predicted molar refractivity (Wildman–Crippen MR) is 122 cm³/mol. The monoisotopic (exact) mass is 411 g/mol. The van der Waals surface area contributed by atoms with E-state index in [1.54, 1.807) is 18.3 Å². The summed E-state index contributed by atoms with van der Waals surface area (Å²) in [5.74, 6) is 0.713. The number of carbonyl (C=O) groups excluding carboxylic acids is 1. The first-order valence-electron chi connectivity index (χ1n) is 10.5. The highest BCUT2D eigenvalue weighted by atomic mass is 16.2. The van der Waals surface area contributed by atoms with Crippen molar-refractivity contribution in [2.45, 2.75) is 6.42 Å². The molecule has 0 aliphatic carbocycles. The maximum absolute atomic E-state index is 12.6. The van der Waals surface area contributed by atoms with Crippen molar-refractivity contribution in [2.75, 3.05) is 42.9 Å². The Labute approximate surface area is 182 Å². The maximum atomic E-state index is 12.6. The number of rotatable bonds is 6. The van der Waals surface area contributed by atoms with Crippen molar-refractivity contribution >= 4 is 17.4 Å². The van der Waals surface area contributed by atoms with E-state index in [0.29, 0.717) is 12.1 Å². The Morgan fingerprint density at radius 1 is 0.968 bits per heavy atom. The van der Waals surface area contributed by atoms with Crippen LogP contribution in [0.3, 0.4) is 0 Å². The Hall–Kier alpha value is -3.69. The van der Waals surface area contributed by atoms with Gasteiger partial charge in [0.1, 0.15) is 11.9 Å². The summed E-state index contributed by atoms with van der Waals surface area (Å²) < 4.78 is 0. The van der Waals surface area contributed by atoms with Crippen molar-refractivity contribution in [1.29, 1.82) is 5.26 Å². The minimum Gasteiger partial charge on any atom is -0.353 e. The quantitative estimate of drug-likeness (QED) is 0.674. The van der Waals surface area contributed by atoms with Gasteiger partial charge in [0.25, 0.3) is 0 Å². The first kappa shape index (κ1) is 20.6. The van der Waals surface area contributed by atoms with Gasteiger partial charge in [0.15, 0.2) is 0 Å². The fourth-order valence-corrected chi connectivity index (χ4v) is 3.85. The third-order valence-electron chi connectivity index (χ3n) is 5.41. The average molecular weight is 412 g/mol. The minimum atomic E-state index is -0.0131. The fraction of sp³-hybridized carbons (Fsp3) is 0.240. The molecule has 1 aliphatic heterocycles. The minimum absolute atomic E-state index is 0.0131. The molecule has 156 valence electrons. The number of hydrogen-bond donors (Lipinski definition) is 1. The van der Waals surface area contributed by atoms with Gasteiger partial charge in [-0.25, -0.2) is 4.98 Å². The summed E-state index contributed by atoms with van der Waals surface area (Å²) in [5.41, 5.74) is 3.82. The SMILES string of the molecule is N#Cc1cccnc1N1CCN(CC(=O)Nc2cccc(Cc3ccccc3)c2)CC1. The lowest BCUT2D eigenvalue weighted by Crippen LogP contribution is -2.49. The lowest BCUT2D eigenvalue weighted by Gasteiger charge is -2.35. The Balaban J connectivity index is 1.29. The number of anilines is 2. The number of nitrogens with one attached hydrogen (secondary N) is 1. The van der Waals surface area contributed by atoms with Crippen LogP contribution in [0.2, 0.25) is 0 Å². The molecule has 0 atom stereocenters. The molecule has 0 bridgehead atoms. The standard InChI is InChI=1S/C25H25N5O/c26-18-22-9-5-11-27-25(22)30-14-12-29(13-15-30)19-24(31)28-23-10-4-8-21(17-23)16-20-6-2-1-3-7-20/h1-11,17H,12-16,19H2,(H,28,31). The zero-order chi connectivity index (χ0) is 21.5. The average Bonchev–Trinajstić information content (AvgIpc) is 2.80. The van der Waals surface area contributed by atoms with Gasteiger partial charge in [0, 0.05) is 38.1 Å². The molecule has 1 aromatic heterocycles. The van der Waals surface area contributed by atoms with Crippen molar-refractivity contribution in [3.8, 4) is 6.07 Å². The van der Waals surface area contributed by atoms with E-state index in [0.717, 1.165) is 44.1 Å². The van der Waals surface area contributed by atoms with Crippen molar-refractivity contribution in [3.05, 3.63) is 89.6 Å². The summed E-state index contributed by atoms with van der Waals surface area (Å²) in [7, 11) is 0. The Bertz CT molecular complexity index is 1070. The number of benzene rings is 2. The third kappa shape index (κ3) is 5.47. The van der Waals surface area contributed by atoms with Crippen LogP contribution in [-0.2, 0) is 11.2 Å². The third-order valence-corrected chi connectivity index (χ3v) is 5.41. The highest BCUT2D eigenvalue weighted by molar-refractivity contribution is 5.92. The number of carbonyl (C=O) groups is 1. The number of aromatic nitrogens is 1. The molecule has 1 fully saturated rings. The van der Waals surface area contributed by atoms with Crippen LogP contribution in [-0.4, -0.2) is 48.5 Å². The second kappa shape index (κ2) is 9.88. The molecule has 3 aromatic rings. The molecule has 0 radical (unpaired) electrons. The van der Waals surface area contributed by atoms with E-state index in [1.807, 2.05) is 36.4 Å². The van der Waals surface area contributed by atoms with Crippen molar-refractivity contribution in [3.63, 3.8) is 0 Å². The van der Waals surface area contributed by atoms with Gasteiger partial charge < -0.3 is 10.2 Å². The molecule has 0 unspecified atom stereocenters. The number of nitrogens with zero attached hydrogens (tertiary/aromatic N) is 4. The summed E-state index contributed by atoms with van der Waals surface area (Å²) >= 11 is 0. The van der Waals surface area contributed by atoms with Crippen LogP contribution in [0.15, 0.2) is 72.9 Å². The van der Waals surface area contributed by atoms with E-state index < -0.39 is 0 Å². The Kier molecular flexibility index (Phi) is 6.56. The molecular formula is C25H25N5O. The lowest BCUT2D eigenvalue weighted by atomic mass is 10.0. The molecule has 1 amide bonds. The van der Waals surface area contributed by atoms with Crippen LogP contribution < -0.4 is 10.2 Å². The predicted octanol–water partition coefficient (Wildman–Crippen LogP) is 3.30. The smallest absolute Gasteiger partial charge is 0.238 e. The molecule has 6 heteroatoms. The number of pyridine rings is 1. The van der Waals surface area contributed by atoms with Gasteiger partial charge in [-0.1, -0.05) is 42.5 Å². The first-order valence-corrected chi connectivity index (χ1v) is 10.5. The number of nitriles is 1. The normalized spacial score (nSPS) is 14.1. The zero-order valence-electron chi connectivity index (χ0n) is 17.4. The van der Waals surface area contributed by atoms with Gasteiger partial charge in [0.2, 0.25) is 5.91 Å². The van der Waals surface area contributed by atoms with Gasteiger partial charge in [-0.15, -0.1) is 0 Å². The van der Waals surface area contributed by atoms with E-state index in [9.17, 15) is 10.1 Å². The first-order chi connectivity index (χ1) is 15.2. The summed E-state index contributed by atoms with van der Waals surface area (Å²) in [6.07, 6.45) is 2.55. The largest absolute Gasteiger partial charge is 0.353 e. The fourth-order valence-electron chi connectivity index (χ4n) is 3.85. The number of hydrogen-bond acceptors (Lipinski definition) is 5. The molecule has 0 saturated carbocycles. The van der Waals surface area contributed by atoms with Crippen LogP contribution in [0.5, 0.6) is 0 Å². The molecule has 1 N–H and O–H groups in total. The molecule has 4 rings (SSSR count). The van der Waals surface area contributed by atoms with Gasteiger partial charge in [-0.2, -0.15) is 5.26 Å². The topological polar surface area (TPSA) is 72.3 Å². The Morgan fingerprint density at radius 3 is 2.52 bits per heavy atom. The molecule has 31 heavy (non-hydrogen) atoms.